The summed E-state index contributed by atoms with van der Waals surface area (Å²) < 4.78 is 39.5. The maximum Gasteiger partial charge on any atom is 0.307 e. The highest BCUT2D eigenvalue weighted by atomic mass is 19.1. The number of carboxylic acid groups (broad SMARTS) is 1. The first-order chi connectivity index (χ1) is 21.4. The van der Waals surface area contributed by atoms with Crippen LogP contribution in [0, 0.1) is 11.6 Å². The number of aliphatic carboxylic acids is 1. The SMILES string of the molecule is O=C(O)CC1=C(Cc2ccc(Oc3ccc(F)cc3)cc2)/C(=C/c2cccc(COc3ccccc3)c2)c2ccc(F)cc21. The van der Waals surface area contributed by atoms with Crippen LogP contribution in [0.1, 0.15) is 34.2 Å². The molecule has 44 heavy (non-hydrogen) atoms. The van der Waals surface area contributed by atoms with E-state index in [1.165, 1.54) is 24.3 Å². The van der Waals surface area contributed by atoms with Crippen molar-refractivity contribution in [2.24, 2.45) is 0 Å². The third kappa shape index (κ3) is 6.76. The molecule has 218 valence electrons. The van der Waals surface area contributed by atoms with E-state index in [-0.39, 0.29) is 12.2 Å². The number of hydrogen-bond donors (Lipinski definition) is 1. The molecule has 1 aliphatic rings. The lowest BCUT2D eigenvalue weighted by Gasteiger charge is -2.12. The van der Waals surface area contributed by atoms with Crippen LogP contribution in [0.4, 0.5) is 8.78 Å². The number of carboxylic acids is 1. The van der Waals surface area contributed by atoms with E-state index in [0.29, 0.717) is 35.7 Å². The predicted molar refractivity (Wildman–Crippen MR) is 167 cm³/mol. The molecule has 0 saturated heterocycles. The van der Waals surface area contributed by atoms with Crippen molar-refractivity contribution in [3.8, 4) is 17.2 Å². The Morgan fingerprint density at radius 3 is 2.09 bits per heavy atom. The van der Waals surface area contributed by atoms with E-state index in [2.05, 4.69) is 0 Å². The van der Waals surface area contributed by atoms with Crippen LogP contribution in [0.25, 0.3) is 17.2 Å². The summed E-state index contributed by atoms with van der Waals surface area (Å²) in [5.41, 5.74) is 6.48. The minimum absolute atomic E-state index is 0.236. The topological polar surface area (TPSA) is 55.8 Å². The van der Waals surface area contributed by atoms with Crippen LogP contribution in [-0.2, 0) is 17.8 Å². The second-order valence-corrected chi connectivity index (χ2v) is 10.5. The summed E-state index contributed by atoms with van der Waals surface area (Å²) in [5, 5.41) is 9.81. The molecular weight excluding hydrogens is 558 g/mol. The fourth-order valence-corrected chi connectivity index (χ4v) is 5.35. The van der Waals surface area contributed by atoms with Crippen LogP contribution in [-0.4, -0.2) is 11.1 Å². The molecule has 0 unspecified atom stereocenters. The standard InChI is InChI=1S/C38H28F2O4/c39-28-11-16-32(17-12-28)44-31-14-9-25(10-15-31)20-35-34(33-18-13-29(40)22-36(33)37(35)23-38(41)42)21-26-5-4-6-27(19-26)24-43-30-7-2-1-3-8-30/h1-19,21-22H,20,23-24H2,(H,41,42)/b34-21+. The van der Waals surface area contributed by atoms with Crippen molar-refractivity contribution in [1.82, 2.24) is 0 Å². The van der Waals surface area contributed by atoms with E-state index in [0.717, 1.165) is 39.1 Å². The first kappa shape index (κ1) is 28.6. The Bertz CT molecular complexity index is 1860. The number of benzene rings is 5. The number of para-hydroxylation sites is 1. The normalized spacial score (nSPS) is 13.2. The van der Waals surface area contributed by atoms with Crippen molar-refractivity contribution in [1.29, 1.82) is 0 Å². The van der Waals surface area contributed by atoms with Crippen molar-refractivity contribution in [3.63, 3.8) is 0 Å². The van der Waals surface area contributed by atoms with Crippen LogP contribution in [0.2, 0.25) is 0 Å². The van der Waals surface area contributed by atoms with Gasteiger partial charge in [0, 0.05) is 0 Å². The molecule has 0 spiro atoms. The van der Waals surface area contributed by atoms with E-state index in [4.69, 9.17) is 9.47 Å². The van der Waals surface area contributed by atoms with Gasteiger partial charge in [0.25, 0.3) is 0 Å². The summed E-state index contributed by atoms with van der Waals surface area (Å²) >= 11 is 0. The van der Waals surface area contributed by atoms with Gasteiger partial charge in [0.2, 0.25) is 0 Å². The van der Waals surface area contributed by atoms with Gasteiger partial charge >= 0.3 is 5.97 Å². The molecular formula is C38H28F2O4. The Morgan fingerprint density at radius 2 is 1.36 bits per heavy atom. The number of allylic oxidation sites excluding steroid dienone is 2. The third-order valence-electron chi connectivity index (χ3n) is 7.38. The Morgan fingerprint density at radius 1 is 0.659 bits per heavy atom. The van der Waals surface area contributed by atoms with E-state index < -0.39 is 11.8 Å². The maximum absolute atomic E-state index is 14.5. The van der Waals surface area contributed by atoms with Gasteiger partial charge in [-0.2, -0.15) is 0 Å². The average Bonchev–Trinajstić information content (AvgIpc) is 3.29. The van der Waals surface area contributed by atoms with E-state index in [9.17, 15) is 18.7 Å². The first-order valence-electron chi connectivity index (χ1n) is 14.2. The van der Waals surface area contributed by atoms with Crippen LogP contribution < -0.4 is 9.47 Å². The molecule has 0 saturated carbocycles. The molecule has 6 heteroatoms. The zero-order chi connectivity index (χ0) is 30.5. The van der Waals surface area contributed by atoms with E-state index >= 15 is 0 Å². The highest BCUT2D eigenvalue weighted by Crippen LogP contribution is 2.45. The van der Waals surface area contributed by atoms with Gasteiger partial charge in [-0.1, -0.05) is 54.6 Å². The smallest absolute Gasteiger partial charge is 0.307 e. The molecule has 4 nitrogen and oxygen atoms in total. The average molecular weight is 587 g/mol. The summed E-state index contributed by atoms with van der Waals surface area (Å²) in [5.74, 6) is 0.127. The van der Waals surface area contributed by atoms with Crippen molar-refractivity contribution in [2.45, 2.75) is 19.4 Å². The number of ether oxygens (including phenoxy) is 2. The Kier molecular flexibility index (Phi) is 8.32. The van der Waals surface area contributed by atoms with Gasteiger partial charge in [-0.15, -0.1) is 0 Å². The lowest BCUT2D eigenvalue weighted by molar-refractivity contribution is -0.135. The molecule has 0 heterocycles. The second kappa shape index (κ2) is 12.8. The van der Waals surface area contributed by atoms with Gasteiger partial charge in [0.05, 0.1) is 6.42 Å². The lowest BCUT2D eigenvalue weighted by Crippen LogP contribution is -1.99. The van der Waals surface area contributed by atoms with Gasteiger partial charge < -0.3 is 14.6 Å². The van der Waals surface area contributed by atoms with Crippen LogP contribution in [0.3, 0.4) is 0 Å². The molecule has 1 aliphatic carbocycles. The van der Waals surface area contributed by atoms with Gasteiger partial charge in [0.15, 0.2) is 0 Å². The van der Waals surface area contributed by atoms with E-state index in [1.807, 2.05) is 84.9 Å². The molecule has 0 atom stereocenters. The van der Waals surface area contributed by atoms with Crippen LogP contribution in [0.15, 0.2) is 127 Å². The summed E-state index contributed by atoms with van der Waals surface area (Å²) in [6.07, 6.45) is 2.22. The van der Waals surface area contributed by atoms with Crippen molar-refractivity contribution < 1.29 is 28.2 Å². The lowest BCUT2D eigenvalue weighted by atomic mass is 9.94. The third-order valence-corrected chi connectivity index (χ3v) is 7.38. The fourth-order valence-electron chi connectivity index (χ4n) is 5.35. The first-order valence-corrected chi connectivity index (χ1v) is 14.2. The van der Waals surface area contributed by atoms with Crippen molar-refractivity contribution >= 4 is 23.2 Å². The molecule has 0 aromatic heterocycles. The van der Waals surface area contributed by atoms with Crippen molar-refractivity contribution in [2.75, 3.05) is 0 Å². The molecule has 5 aromatic rings. The molecule has 0 radical (unpaired) electrons. The predicted octanol–water partition coefficient (Wildman–Crippen LogP) is 9.36. The van der Waals surface area contributed by atoms with Crippen LogP contribution in [0.5, 0.6) is 17.2 Å². The van der Waals surface area contributed by atoms with Crippen LogP contribution >= 0.6 is 0 Å². The number of hydrogen-bond acceptors (Lipinski definition) is 3. The molecule has 6 rings (SSSR count). The quantitative estimate of drug-likeness (QED) is 0.177. The number of rotatable bonds is 10. The maximum atomic E-state index is 14.5. The second-order valence-electron chi connectivity index (χ2n) is 10.5. The highest BCUT2D eigenvalue weighted by Gasteiger charge is 2.28. The Hall–Kier alpha value is -5.49. The monoisotopic (exact) mass is 586 g/mol. The van der Waals surface area contributed by atoms with E-state index in [1.54, 1.807) is 18.2 Å². The minimum Gasteiger partial charge on any atom is -0.489 e. The molecule has 0 aliphatic heterocycles. The van der Waals surface area contributed by atoms with Gasteiger partial charge in [-0.3, -0.25) is 4.79 Å². The summed E-state index contributed by atoms with van der Waals surface area (Å²) in [6.45, 7) is 0.391. The van der Waals surface area contributed by atoms with Gasteiger partial charge in [-0.25, -0.2) is 8.78 Å². The summed E-state index contributed by atoms with van der Waals surface area (Å²) in [6, 6.07) is 35.3. The largest absolute Gasteiger partial charge is 0.489 e. The fraction of sp³-hybridized carbons (Fsp3) is 0.0789. The number of halogens is 2. The molecule has 0 fully saturated rings. The zero-order valence-corrected chi connectivity index (χ0v) is 23.7. The minimum atomic E-state index is -0.989. The highest BCUT2D eigenvalue weighted by molar-refractivity contribution is 6.08. The number of fused-ring (bicyclic) bond motifs is 1. The Balaban J connectivity index is 1.33. The summed E-state index contributed by atoms with van der Waals surface area (Å²) in [7, 11) is 0. The van der Waals surface area contributed by atoms with Gasteiger partial charge in [-0.05, 0) is 124 Å². The molecule has 5 aromatic carbocycles. The molecule has 0 bridgehead atoms. The summed E-state index contributed by atoms with van der Waals surface area (Å²) in [4.78, 5) is 12.0. The van der Waals surface area contributed by atoms with Gasteiger partial charge in [0.1, 0.15) is 35.5 Å². The number of carbonyl (C=O) groups is 1. The van der Waals surface area contributed by atoms with Crippen molar-refractivity contribution in [3.05, 3.63) is 166 Å². The Labute approximate surface area is 254 Å². The zero-order valence-electron chi connectivity index (χ0n) is 23.7. The molecule has 0 amide bonds. The molecule has 1 N–H and O–H groups in total.